The van der Waals surface area contributed by atoms with Gasteiger partial charge in [-0.3, -0.25) is 9.69 Å². The van der Waals surface area contributed by atoms with Gasteiger partial charge in [-0.1, -0.05) is 50.2 Å². The topological polar surface area (TPSA) is 85.6 Å². The summed E-state index contributed by atoms with van der Waals surface area (Å²) in [7, 11) is 4.50. The van der Waals surface area contributed by atoms with Gasteiger partial charge in [-0.15, -0.1) is 9.24 Å². The molecule has 3 saturated heterocycles. The SMILES string of the molecule is C=C(F)C(=O)N1CCN(c2nc(OC)nc3c2CCC(CCc2ccccc2Cl)C3P)CC1CC#N.CC.FC1CC2CCCN2C1. The largest absolute Gasteiger partial charge is 0.467 e. The van der Waals surface area contributed by atoms with E-state index >= 15 is 0 Å². The Morgan fingerprint density at radius 3 is 2.64 bits per heavy atom. The van der Waals surface area contributed by atoms with Crippen LogP contribution in [0.5, 0.6) is 6.01 Å². The zero-order valence-electron chi connectivity index (χ0n) is 27.8. The third-order valence-corrected chi connectivity index (χ3v) is 10.8. The Kier molecular flexibility index (Phi) is 13.8. The molecule has 8 nitrogen and oxygen atoms in total. The molecular formula is C35H48ClF2N6O2P. The van der Waals surface area contributed by atoms with Crippen LogP contribution in [-0.2, 0) is 17.6 Å². The molecule has 6 unspecified atom stereocenters. The van der Waals surface area contributed by atoms with Crippen molar-refractivity contribution >= 4 is 32.6 Å². The maximum Gasteiger partial charge on any atom is 0.318 e. The van der Waals surface area contributed by atoms with Gasteiger partial charge in [0.15, 0.2) is 5.83 Å². The number of alkyl halides is 1. The highest BCUT2D eigenvalue weighted by Crippen LogP contribution is 2.45. The summed E-state index contributed by atoms with van der Waals surface area (Å²) in [4.78, 5) is 27.4. The number of ether oxygens (including phenoxy) is 1. The van der Waals surface area contributed by atoms with Crippen LogP contribution >= 0.6 is 20.8 Å². The van der Waals surface area contributed by atoms with Crippen molar-refractivity contribution in [1.29, 1.82) is 5.26 Å². The summed E-state index contributed by atoms with van der Waals surface area (Å²) in [5.41, 5.74) is 3.29. The molecule has 6 atom stereocenters. The first-order valence-corrected chi connectivity index (χ1v) is 17.8. The number of fused-ring (bicyclic) bond motifs is 2. The second kappa shape index (κ2) is 17.5. The highest BCUT2D eigenvalue weighted by Gasteiger charge is 2.37. The third kappa shape index (κ3) is 8.99. The van der Waals surface area contributed by atoms with Crippen molar-refractivity contribution < 1.29 is 18.3 Å². The van der Waals surface area contributed by atoms with Crippen LogP contribution in [0.4, 0.5) is 14.6 Å². The number of carbonyl (C=O) groups is 1. The highest BCUT2D eigenvalue weighted by molar-refractivity contribution is 7.17. The second-order valence-electron chi connectivity index (χ2n) is 12.3. The number of aromatic nitrogens is 2. The van der Waals surface area contributed by atoms with Crippen molar-refractivity contribution in [3.8, 4) is 12.1 Å². The van der Waals surface area contributed by atoms with Crippen molar-refractivity contribution in [3.05, 3.63) is 58.5 Å². The molecule has 1 aromatic heterocycles. The average Bonchev–Trinajstić information content (AvgIpc) is 3.67. The molecule has 0 radical (unpaired) electrons. The molecule has 0 N–H and O–H groups in total. The molecule has 47 heavy (non-hydrogen) atoms. The predicted molar refractivity (Wildman–Crippen MR) is 186 cm³/mol. The maximum absolute atomic E-state index is 13.6. The summed E-state index contributed by atoms with van der Waals surface area (Å²) in [6, 6.07) is 10.5. The third-order valence-electron chi connectivity index (χ3n) is 9.57. The zero-order valence-corrected chi connectivity index (χ0v) is 29.7. The molecule has 1 amide bonds. The lowest BCUT2D eigenvalue weighted by molar-refractivity contribution is -0.131. The molecule has 1 aliphatic carbocycles. The van der Waals surface area contributed by atoms with Gasteiger partial charge in [-0.2, -0.15) is 15.2 Å². The fourth-order valence-electron chi connectivity index (χ4n) is 7.21. The van der Waals surface area contributed by atoms with Gasteiger partial charge in [0.25, 0.3) is 5.91 Å². The van der Waals surface area contributed by atoms with Crippen molar-refractivity contribution in [3.63, 3.8) is 0 Å². The van der Waals surface area contributed by atoms with Crippen molar-refractivity contribution in [2.75, 3.05) is 44.7 Å². The number of hydrogen-bond acceptors (Lipinski definition) is 7. The number of nitriles is 1. The fourth-order valence-corrected chi connectivity index (χ4v) is 8.10. The number of anilines is 1. The van der Waals surface area contributed by atoms with Gasteiger partial charge < -0.3 is 14.5 Å². The molecule has 0 saturated carbocycles. The van der Waals surface area contributed by atoms with Crippen LogP contribution in [0.1, 0.15) is 74.9 Å². The lowest BCUT2D eigenvalue weighted by Crippen LogP contribution is -2.55. The Labute approximate surface area is 285 Å². The van der Waals surface area contributed by atoms with Crippen LogP contribution in [-0.4, -0.2) is 83.8 Å². The van der Waals surface area contributed by atoms with Crippen LogP contribution in [0.25, 0.3) is 0 Å². The quantitative estimate of drug-likeness (QED) is 0.232. The molecular weight excluding hydrogens is 641 g/mol. The summed E-state index contributed by atoms with van der Waals surface area (Å²) in [6.45, 7) is 10.1. The monoisotopic (exact) mass is 688 g/mol. The molecule has 6 rings (SSSR count). The molecule has 12 heteroatoms. The molecule has 256 valence electrons. The van der Waals surface area contributed by atoms with Crippen molar-refractivity contribution in [1.82, 2.24) is 19.8 Å². The van der Waals surface area contributed by atoms with E-state index in [1.807, 2.05) is 32.0 Å². The Morgan fingerprint density at radius 1 is 1.19 bits per heavy atom. The van der Waals surface area contributed by atoms with Crippen LogP contribution in [0.15, 0.2) is 36.7 Å². The molecule has 0 spiro atoms. The summed E-state index contributed by atoms with van der Waals surface area (Å²) in [5, 5.41) is 10.1. The van der Waals surface area contributed by atoms with Crippen LogP contribution in [0.2, 0.25) is 5.02 Å². The number of carbonyl (C=O) groups excluding carboxylic acids is 1. The first-order valence-electron chi connectivity index (χ1n) is 16.8. The van der Waals surface area contributed by atoms with E-state index in [9.17, 15) is 18.8 Å². The van der Waals surface area contributed by atoms with E-state index in [0.717, 1.165) is 66.3 Å². The Bertz CT molecular complexity index is 1410. The second-order valence-corrected chi connectivity index (χ2v) is 13.5. The smallest absolute Gasteiger partial charge is 0.318 e. The molecule has 4 heterocycles. The van der Waals surface area contributed by atoms with Crippen LogP contribution in [0, 0.1) is 17.2 Å². The van der Waals surface area contributed by atoms with Gasteiger partial charge in [0.2, 0.25) is 0 Å². The van der Waals surface area contributed by atoms with E-state index in [1.54, 1.807) is 7.11 Å². The minimum atomic E-state index is -1.01. The van der Waals surface area contributed by atoms with Gasteiger partial charge in [0, 0.05) is 48.5 Å². The summed E-state index contributed by atoms with van der Waals surface area (Å²) in [5.74, 6) is -0.602. The van der Waals surface area contributed by atoms with Crippen LogP contribution < -0.4 is 9.64 Å². The maximum atomic E-state index is 13.6. The molecule has 2 aromatic rings. The summed E-state index contributed by atoms with van der Waals surface area (Å²) < 4.78 is 31.6. The number of hydrogen-bond donors (Lipinski definition) is 0. The summed E-state index contributed by atoms with van der Waals surface area (Å²) >= 11 is 6.37. The van der Waals surface area contributed by atoms with E-state index in [1.165, 1.54) is 17.7 Å². The number of benzene rings is 1. The van der Waals surface area contributed by atoms with Gasteiger partial charge in [-0.05, 0) is 69.0 Å². The van der Waals surface area contributed by atoms with Crippen molar-refractivity contribution in [2.24, 2.45) is 5.92 Å². The number of nitrogens with zero attached hydrogens (tertiary/aromatic N) is 6. The minimum absolute atomic E-state index is 0.0936. The predicted octanol–water partition coefficient (Wildman–Crippen LogP) is 6.88. The molecule has 3 fully saturated rings. The summed E-state index contributed by atoms with van der Waals surface area (Å²) in [6.07, 6.45) is 6.58. The van der Waals surface area contributed by atoms with E-state index < -0.39 is 23.9 Å². The molecule has 3 aliphatic heterocycles. The van der Waals surface area contributed by atoms with Gasteiger partial charge in [0.1, 0.15) is 12.0 Å². The first kappa shape index (κ1) is 37.0. The lowest BCUT2D eigenvalue weighted by atomic mass is 9.82. The highest BCUT2D eigenvalue weighted by atomic mass is 35.5. The average molecular weight is 689 g/mol. The number of aryl methyl sites for hydroxylation is 1. The lowest BCUT2D eigenvalue weighted by Gasteiger charge is -2.42. The van der Waals surface area contributed by atoms with E-state index in [2.05, 4.69) is 42.7 Å². The van der Waals surface area contributed by atoms with Gasteiger partial charge in [-0.25, -0.2) is 8.78 Å². The molecule has 4 aliphatic rings. The molecule has 0 bridgehead atoms. The normalized spacial score (nSPS) is 24.9. The Balaban J connectivity index is 0.000000383. The minimum Gasteiger partial charge on any atom is -0.467 e. The van der Waals surface area contributed by atoms with E-state index in [4.69, 9.17) is 21.3 Å². The van der Waals surface area contributed by atoms with E-state index in [-0.39, 0.29) is 24.6 Å². The Morgan fingerprint density at radius 2 is 1.96 bits per heavy atom. The number of rotatable bonds is 7. The van der Waals surface area contributed by atoms with Gasteiger partial charge in [0.05, 0.1) is 31.3 Å². The first-order chi connectivity index (χ1) is 22.7. The number of methoxy groups -OCH3 is 1. The van der Waals surface area contributed by atoms with Crippen LogP contribution in [0.3, 0.4) is 0 Å². The van der Waals surface area contributed by atoms with Gasteiger partial charge >= 0.3 is 6.01 Å². The van der Waals surface area contributed by atoms with E-state index in [0.29, 0.717) is 31.6 Å². The fraction of sp³-hybridized carbons (Fsp3) is 0.600. The standard InChI is InChI=1S/C26H30ClFN5O2P.C7H12FN.C2H6/c1-16(28)25(34)33-14-13-32(15-19(33)11-12-29)24-20-10-9-18(8-7-17-5-3-4-6-21(17)27)23(36)22(20)30-26(31-24)35-2;8-6-4-7-2-1-3-9(7)5-6;1-2/h3-6,18-19,23H,1,7-11,13-15,36H2,2H3;6-7H,1-5H2;1-2H3. The number of amides is 1. The Hall–Kier alpha value is -2.86. The van der Waals surface area contributed by atoms with Crippen molar-refractivity contribution in [2.45, 2.75) is 89.1 Å². The molecule has 1 aromatic carbocycles. The number of piperazine rings is 1. The number of halogens is 3. The zero-order chi connectivity index (χ0) is 34.1.